The lowest BCUT2D eigenvalue weighted by atomic mass is 10.3. The number of pyridine rings is 1. The van der Waals surface area contributed by atoms with Crippen molar-refractivity contribution >= 4 is 54.1 Å². The predicted molar refractivity (Wildman–Crippen MR) is 102 cm³/mol. The molecule has 3 heterocycles. The first-order valence-corrected chi connectivity index (χ1v) is 12.5. The number of halogens is 4. The van der Waals surface area contributed by atoms with Crippen molar-refractivity contribution in [2.75, 3.05) is 0 Å². The molecule has 156 valence electrons. The first-order valence-electron chi connectivity index (χ1n) is 7.51. The Morgan fingerprint density at radius 2 is 1.79 bits per heavy atom. The van der Waals surface area contributed by atoms with Crippen LogP contribution in [0, 0.1) is 0 Å². The second kappa shape index (κ2) is 7.96. The molecule has 1 N–H and O–H groups in total. The van der Waals surface area contributed by atoms with Crippen molar-refractivity contribution in [2.24, 2.45) is 0 Å². The first kappa shape index (κ1) is 22.2. The van der Waals surface area contributed by atoms with E-state index in [1.165, 1.54) is 11.3 Å². The zero-order valence-electron chi connectivity index (χ0n) is 14.0. The number of sulfonamides is 1. The van der Waals surface area contributed by atoms with Gasteiger partial charge in [0.1, 0.15) is 8.42 Å². The van der Waals surface area contributed by atoms with Gasteiger partial charge >= 0.3 is 6.18 Å². The van der Waals surface area contributed by atoms with E-state index in [1.54, 1.807) is 17.5 Å². The van der Waals surface area contributed by atoms with Crippen molar-refractivity contribution in [3.63, 3.8) is 0 Å². The van der Waals surface area contributed by atoms with Gasteiger partial charge in [0.2, 0.25) is 19.9 Å². The maximum absolute atomic E-state index is 12.7. The van der Waals surface area contributed by atoms with E-state index >= 15 is 0 Å². The van der Waals surface area contributed by atoms with Gasteiger partial charge in [0.15, 0.2) is 5.03 Å². The molecule has 3 aromatic rings. The zero-order chi connectivity index (χ0) is 21.4. The summed E-state index contributed by atoms with van der Waals surface area (Å²) in [5.74, 6) is 0. The van der Waals surface area contributed by atoms with Crippen LogP contribution in [0.5, 0.6) is 0 Å². The van der Waals surface area contributed by atoms with Gasteiger partial charge in [-0.15, -0.1) is 22.7 Å². The molecule has 0 fully saturated rings. The molecule has 3 aromatic heterocycles. The van der Waals surface area contributed by atoms with Crippen molar-refractivity contribution in [2.45, 2.75) is 26.2 Å². The van der Waals surface area contributed by atoms with Gasteiger partial charge in [0.25, 0.3) is 0 Å². The van der Waals surface area contributed by atoms with Crippen LogP contribution in [0.4, 0.5) is 13.2 Å². The summed E-state index contributed by atoms with van der Waals surface area (Å²) in [4.78, 5) is 4.10. The molecule has 0 spiro atoms. The zero-order valence-corrected chi connectivity index (χ0v) is 18.0. The van der Waals surface area contributed by atoms with Crippen LogP contribution in [0.3, 0.4) is 0 Å². The fourth-order valence-corrected chi connectivity index (χ4v) is 7.46. The molecule has 29 heavy (non-hydrogen) atoms. The van der Waals surface area contributed by atoms with E-state index in [9.17, 15) is 30.0 Å². The Balaban J connectivity index is 1.89. The molecule has 0 saturated carbocycles. The Hall–Kier alpha value is -1.51. The Kier molecular flexibility index (Phi) is 6.09. The molecular weight excluding hydrogens is 493 g/mol. The molecule has 14 heteroatoms. The smallest absolute Gasteiger partial charge is 0.242 e. The Morgan fingerprint density at radius 3 is 2.38 bits per heavy atom. The minimum absolute atomic E-state index is 0.0340. The van der Waals surface area contributed by atoms with E-state index in [-0.39, 0.29) is 10.8 Å². The van der Waals surface area contributed by atoms with Gasteiger partial charge in [-0.2, -0.15) is 13.2 Å². The summed E-state index contributed by atoms with van der Waals surface area (Å²) in [5, 5.41) is 0.276. The molecule has 0 aliphatic heterocycles. The lowest BCUT2D eigenvalue weighted by Gasteiger charge is -2.09. The molecule has 0 aliphatic rings. The third-order valence-corrected chi connectivity index (χ3v) is 9.95. The second-order valence-electron chi connectivity index (χ2n) is 5.49. The minimum Gasteiger partial charge on any atom is -0.242 e. The fraction of sp³-hybridized carbons (Fsp3) is 0.133. The SMILES string of the molecule is O=S(=O)(NCc1cccs1)c1ccc(S(=O)(=O)c2ncc(C(F)(F)F)cc2Cl)s1. The van der Waals surface area contributed by atoms with Crippen molar-refractivity contribution in [3.8, 4) is 0 Å². The largest absolute Gasteiger partial charge is 0.417 e. The van der Waals surface area contributed by atoms with Crippen molar-refractivity contribution in [3.05, 3.63) is 57.4 Å². The number of nitrogens with one attached hydrogen (secondary N) is 1. The van der Waals surface area contributed by atoms with Crippen LogP contribution in [-0.2, 0) is 32.6 Å². The maximum atomic E-state index is 12.7. The van der Waals surface area contributed by atoms with Crippen LogP contribution in [0.1, 0.15) is 10.4 Å². The monoisotopic (exact) mass is 502 g/mol. The van der Waals surface area contributed by atoms with Gasteiger partial charge in [-0.25, -0.2) is 26.5 Å². The summed E-state index contributed by atoms with van der Waals surface area (Å²) in [6.45, 7) is 0.0340. The van der Waals surface area contributed by atoms with E-state index in [2.05, 4.69) is 9.71 Å². The molecule has 0 aliphatic carbocycles. The molecule has 0 saturated heterocycles. The van der Waals surface area contributed by atoms with E-state index in [1.807, 2.05) is 0 Å². The van der Waals surface area contributed by atoms with E-state index in [0.29, 0.717) is 23.6 Å². The number of thiophene rings is 2. The topological polar surface area (TPSA) is 93.2 Å². The first-order chi connectivity index (χ1) is 13.4. The standard InChI is InChI=1S/C15H10ClF3N2O4S4/c16-11-6-9(15(17,18)19)7-20-14(11)28(22,23)12-3-4-13(27-12)29(24,25)21-8-10-2-1-5-26-10/h1-7,21H,8H2. The van der Waals surface area contributed by atoms with Gasteiger partial charge in [-0.3, -0.25) is 0 Å². The van der Waals surface area contributed by atoms with E-state index < -0.39 is 45.9 Å². The summed E-state index contributed by atoms with van der Waals surface area (Å²) >= 11 is 7.50. The number of sulfone groups is 1. The third kappa shape index (κ3) is 4.81. The summed E-state index contributed by atoms with van der Waals surface area (Å²) in [5.41, 5.74) is -1.20. The van der Waals surface area contributed by atoms with Crippen LogP contribution in [0.25, 0.3) is 0 Å². The van der Waals surface area contributed by atoms with Gasteiger partial charge in [0, 0.05) is 17.6 Å². The number of aromatic nitrogens is 1. The quantitative estimate of drug-likeness (QED) is 0.545. The summed E-state index contributed by atoms with van der Waals surface area (Å²) in [6, 6.07) is 6.07. The van der Waals surface area contributed by atoms with Crippen molar-refractivity contribution in [1.82, 2.24) is 9.71 Å². The van der Waals surface area contributed by atoms with Crippen LogP contribution < -0.4 is 4.72 Å². The van der Waals surface area contributed by atoms with E-state index in [4.69, 9.17) is 11.6 Å². The van der Waals surface area contributed by atoms with Gasteiger partial charge in [-0.05, 0) is 29.6 Å². The van der Waals surface area contributed by atoms with E-state index in [0.717, 1.165) is 17.0 Å². The molecule has 6 nitrogen and oxygen atoms in total. The molecular formula is C15H10ClF3N2O4S4. The Labute approximate surface area is 177 Å². The van der Waals surface area contributed by atoms with Gasteiger partial charge in [0.05, 0.1) is 10.6 Å². The molecule has 0 radical (unpaired) electrons. The maximum Gasteiger partial charge on any atom is 0.417 e. The Morgan fingerprint density at radius 1 is 1.10 bits per heavy atom. The second-order valence-corrected chi connectivity index (χ2v) is 12.1. The highest BCUT2D eigenvalue weighted by atomic mass is 35.5. The lowest BCUT2D eigenvalue weighted by molar-refractivity contribution is -0.137. The number of nitrogens with zero attached hydrogens (tertiary/aromatic N) is 1. The van der Waals surface area contributed by atoms with Crippen molar-refractivity contribution < 1.29 is 30.0 Å². The molecule has 0 amide bonds. The Bertz CT molecular complexity index is 1240. The van der Waals surface area contributed by atoms with Crippen LogP contribution in [-0.4, -0.2) is 21.8 Å². The average Bonchev–Trinajstić information content (AvgIpc) is 3.31. The molecule has 0 aromatic carbocycles. The highest BCUT2D eigenvalue weighted by Crippen LogP contribution is 2.35. The van der Waals surface area contributed by atoms with Gasteiger partial charge < -0.3 is 0 Å². The molecule has 3 rings (SSSR count). The lowest BCUT2D eigenvalue weighted by Crippen LogP contribution is -2.21. The molecule has 0 atom stereocenters. The fourth-order valence-electron chi connectivity index (χ4n) is 2.12. The highest BCUT2D eigenvalue weighted by Gasteiger charge is 2.34. The predicted octanol–water partition coefficient (Wildman–Crippen LogP) is 4.19. The average molecular weight is 503 g/mol. The number of alkyl halides is 3. The van der Waals surface area contributed by atoms with Gasteiger partial charge in [-0.1, -0.05) is 17.7 Å². The number of hydrogen-bond donors (Lipinski definition) is 1. The minimum atomic E-state index is -4.74. The van der Waals surface area contributed by atoms with Crippen LogP contribution >= 0.6 is 34.3 Å². The molecule has 0 unspecified atom stereocenters. The normalized spacial score (nSPS) is 13.0. The number of hydrogen-bond acceptors (Lipinski definition) is 7. The van der Waals surface area contributed by atoms with Crippen LogP contribution in [0.2, 0.25) is 5.02 Å². The molecule has 0 bridgehead atoms. The van der Waals surface area contributed by atoms with Crippen molar-refractivity contribution in [1.29, 1.82) is 0 Å². The number of rotatable bonds is 6. The summed E-state index contributed by atoms with van der Waals surface area (Å²) in [7, 11) is -8.40. The van der Waals surface area contributed by atoms with Crippen LogP contribution in [0.15, 0.2) is 55.4 Å². The third-order valence-electron chi connectivity index (χ3n) is 3.49. The summed E-state index contributed by atoms with van der Waals surface area (Å²) in [6.07, 6.45) is -4.38. The highest BCUT2D eigenvalue weighted by molar-refractivity contribution is 7.95. The summed E-state index contributed by atoms with van der Waals surface area (Å²) < 4.78 is 89.9.